The number of ether oxygens (including phenoxy) is 2. The lowest BCUT2D eigenvalue weighted by Gasteiger charge is -2.35. The molecule has 0 radical (unpaired) electrons. The maximum atomic E-state index is 12.1. The van der Waals surface area contributed by atoms with E-state index in [1.807, 2.05) is 12.1 Å². The van der Waals surface area contributed by atoms with E-state index in [1.54, 1.807) is 14.2 Å². The quantitative estimate of drug-likeness (QED) is 0.884. The molecule has 0 aromatic heterocycles. The Balaban J connectivity index is 1.87. The molecule has 2 aromatic carbocycles. The average molecular weight is 328 g/mol. The van der Waals surface area contributed by atoms with Crippen LogP contribution < -0.4 is 10.5 Å². The highest BCUT2D eigenvalue weighted by molar-refractivity contribution is 5.86. The molecular weight excluding hydrogens is 304 g/mol. The maximum Gasteiger partial charge on any atom is 0.240 e. The molecule has 1 fully saturated rings. The number of carbonyl (C=O) groups is 1. The third kappa shape index (κ3) is 2.97. The summed E-state index contributed by atoms with van der Waals surface area (Å²) in [5.41, 5.74) is 6.18. The van der Waals surface area contributed by atoms with Crippen molar-refractivity contribution in [3.63, 3.8) is 0 Å². The van der Waals surface area contributed by atoms with Gasteiger partial charge in [-0.1, -0.05) is 18.2 Å². The lowest BCUT2D eigenvalue weighted by molar-refractivity contribution is -0.132. The van der Waals surface area contributed by atoms with E-state index in [0.29, 0.717) is 13.2 Å². The molecule has 0 bridgehead atoms. The predicted octanol–water partition coefficient (Wildman–Crippen LogP) is 2.31. The number of rotatable bonds is 6. The van der Waals surface area contributed by atoms with Crippen LogP contribution in [0.1, 0.15) is 18.4 Å². The summed E-state index contributed by atoms with van der Waals surface area (Å²) in [6.07, 6.45) is 1.71. The van der Waals surface area contributed by atoms with Gasteiger partial charge in [-0.05, 0) is 53.9 Å². The van der Waals surface area contributed by atoms with Crippen LogP contribution in [0.4, 0.5) is 0 Å². The Labute approximate surface area is 142 Å². The van der Waals surface area contributed by atoms with Gasteiger partial charge in [-0.2, -0.15) is 0 Å². The van der Waals surface area contributed by atoms with Gasteiger partial charge in [0.25, 0.3) is 0 Å². The van der Waals surface area contributed by atoms with Gasteiger partial charge in [0, 0.05) is 13.7 Å². The largest absolute Gasteiger partial charge is 0.497 e. The minimum absolute atomic E-state index is 0.299. The zero-order chi connectivity index (χ0) is 17.2. The van der Waals surface area contributed by atoms with Crippen LogP contribution in [-0.2, 0) is 16.1 Å². The van der Waals surface area contributed by atoms with Gasteiger partial charge in [0.15, 0.2) is 0 Å². The van der Waals surface area contributed by atoms with Crippen molar-refractivity contribution in [3.8, 4) is 5.75 Å². The standard InChI is InChI=1S/C19H24N2O3/c1-23-13-19(18(20)22)8-3-9-21(19)12-14-4-5-16-11-17(24-2)7-6-15(16)10-14/h4-7,10-11H,3,8-9,12-13H2,1-2H3,(H2,20,22). The van der Waals surface area contributed by atoms with Crippen molar-refractivity contribution in [1.29, 1.82) is 0 Å². The number of benzene rings is 2. The van der Waals surface area contributed by atoms with Crippen molar-refractivity contribution in [2.45, 2.75) is 24.9 Å². The van der Waals surface area contributed by atoms with E-state index in [2.05, 4.69) is 29.2 Å². The van der Waals surface area contributed by atoms with E-state index < -0.39 is 5.54 Å². The zero-order valence-corrected chi connectivity index (χ0v) is 14.2. The maximum absolute atomic E-state index is 12.1. The first-order valence-corrected chi connectivity index (χ1v) is 8.19. The highest BCUT2D eigenvalue weighted by Crippen LogP contribution is 2.32. The second kappa shape index (κ2) is 6.79. The van der Waals surface area contributed by atoms with Gasteiger partial charge >= 0.3 is 0 Å². The monoisotopic (exact) mass is 328 g/mol. The highest BCUT2D eigenvalue weighted by Gasteiger charge is 2.46. The molecule has 1 aliphatic rings. The first-order chi connectivity index (χ1) is 11.6. The molecule has 1 amide bonds. The minimum atomic E-state index is -0.691. The number of methoxy groups -OCH3 is 2. The molecule has 1 unspecified atom stereocenters. The van der Waals surface area contributed by atoms with Gasteiger partial charge in [-0.25, -0.2) is 0 Å². The average Bonchev–Trinajstić information content (AvgIpc) is 2.98. The van der Waals surface area contributed by atoms with Crippen molar-refractivity contribution >= 4 is 16.7 Å². The van der Waals surface area contributed by atoms with Crippen LogP contribution in [0.25, 0.3) is 10.8 Å². The summed E-state index contributed by atoms with van der Waals surface area (Å²) in [4.78, 5) is 14.2. The molecule has 1 saturated heterocycles. The molecule has 2 aromatic rings. The van der Waals surface area contributed by atoms with E-state index in [0.717, 1.165) is 41.5 Å². The Bertz CT molecular complexity index is 746. The SMILES string of the molecule is COCC1(C(N)=O)CCCN1Cc1ccc2cc(OC)ccc2c1. The number of likely N-dealkylation sites (tertiary alicyclic amines) is 1. The fraction of sp³-hybridized carbons (Fsp3) is 0.421. The van der Waals surface area contributed by atoms with Gasteiger partial charge in [0.1, 0.15) is 11.3 Å². The Morgan fingerprint density at radius 1 is 1.21 bits per heavy atom. The molecular formula is C19H24N2O3. The van der Waals surface area contributed by atoms with Crippen molar-refractivity contribution in [2.24, 2.45) is 5.73 Å². The first-order valence-electron chi connectivity index (χ1n) is 8.19. The van der Waals surface area contributed by atoms with Crippen LogP contribution in [0.3, 0.4) is 0 Å². The summed E-state index contributed by atoms with van der Waals surface area (Å²) in [5, 5.41) is 2.29. The molecule has 0 aliphatic carbocycles. The van der Waals surface area contributed by atoms with Crippen molar-refractivity contribution in [1.82, 2.24) is 4.90 Å². The van der Waals surface area contributed by atoms with Crippen LogP contribution in [0, 0.1) is 0 Å². The van der Waals surface area contributed by atoms with Crippen LogP contribution in [0.15, 0.2) is 36.4 Å². The fourth-order valence-corrected chi connectivity index (χ4v) is 3.64. The van der Waals surface area contributed by atoms with Gasteiger partial charge in [0.2, 0.25) is 5.91 Å². The van der Waals surface area contributed by atoms with Crippen LogP contribution in [0.2, 0.25) is 0 Å². The number of primary amides is 1. The first kappa shape index (κ1) is 16.7. The van der Waals surface area contributed by atoms with Gasteiger partial charge in [-0.15, -0.1) is 0 Å². The van der Waals surface area contributed by atoms with Crippen LogP contribution in [-0.4, -0.2) is 43.7 Å². The number of nitrogens with two attached hydrogens (primary N) is 1. The summed E-state index contributed by atoms with van der Waals surface area (Å²) in [7, 11) is 3.28. The molecule has 5 nitrogen and oxygen atoms in total. The van der Waals surface area contributed by atoms with Crippen LogP contribution in [0.5, 0.6) is 5.75 Å². The summed E-state index contributed by atoms with van der Waals surface area (Å²) in [6, 6.07) is 12.4. The van der Waals surface area contributed by atoms with E-state index in [-0.39, 0.29) is 5.91 Å². The van der Waals surface area contributed by atoms with Gasteiger partial charge in [-0.3, -0.25) is 9.69 Å². The van der Waals surface area contributed by atoms with Crippen molar-refractivity contribution < 1.29 is 14.3 Å². The summed E-state index contributed by atoms with van der Waals surface area (Å²) >= 11 is 0. The fourth-order valence-electron chi connectivity index (χ4n) is 3.64. The molecule has 24 heavy (non-hydrogen) atoms. The van der Waals surface area contributed by atoms with Crippen LogP contribution >= 0.6 is 0 Å². The molecule has 1 heterocycles. The second-order valence-electron chi connectivity index (χ2n) is 6.40. The number of nitrogens with zero attached hydrogens (tertiary/aromatic N) is 1. The van der Waals surface area contributed by atoms with E-state index >= 15 is 0 Å². The number of amides is 1. The van der Waals surface area contributed by atoms with Gasteiger partial charge < -0.3 is 15.2 Å². The lowest BCUT2D eigenvalue weighted by atomic mass is 9.95. The zero-order valence-electron chi connectivity index (χ0n) is 14.2. The summed E-state index contributed by atoms with van der Waals surface area (Å²) in [5.74, 6) is 0.551. The Morgan fingerprint density at radius 3 is 2.67 bits per heavy atom. The third-order valence-electron chi connectivity index (χ3n) is 4.95. The second-order valence-corrected chi connectivity index (χ2v) is 6.40. The van der Waals surface area contributed by atoms with E-state index in [4.69, 9.17) is 15.2 Å². The Hall–Kier alpha value is -2.11. The molecule has 0 saturated carbocycles. The third-order valence-corrected chi connectivity index (χ3v) is 4.95. The normalized spacial score (nSPS) is 21.2. The predicted molar refractivity (Wildman–Crippen MR) is 93.9 cm³/mol. The molecule has 0 spiro atoms. The molecule has 128 valence electrons. The molecule has 1 aliphatic heterocycles. The molecule has 3 rings (SSSR count). The van der Waals surface area contributed by atoms with E-state index in [9.17, 15) is 4.79 Å². The minimum Gasteiger partial charge on any atom is -0.497 e. The molecule has 1 atom stereocenters. The van der Waals surface area contributed by atoms with Crippen molar-refractivity contribution in [3.05, 3.63) is 42.0 Å². The summed E-state index contributed by atoms with van der Waals surface area (Å²) in [6.45, 7) is 1.88. The Morgan fingerprint density at radius 2 is 1.96 bits per heavy atom. The number of fused-ring (bicyclic) bond motifs is 1. The van der Waals surface area contributed by atoms with Gasteiger partial charge in [0.05, 0.1) is 13.7 Å². The van der Waals surface area contributed by atoms with E-state index in [1.165, 1.54) is 0 Å². The topological polar surface area (TPSA) is 64.8 Å². The number of hydrogen-bond acceptors (Lipinski definition) is 4. The Kier molecular flexibility index (Phi) is 4.73. The smallest absolute Gasteiger partial charge is 0.240 e. The summed E-state index contributed by atoms with van der Waals surface area (Å²) < 4.78 is 10.6. The number of hydrogen-bond donors (Lipinski definition) is 1. The molecule has 2 N–H and O–H groups in total. The molecule has 5 heteroatoms. The van der Waals surface area contributed by atoms with Crippen molar-refractivity contribution in [2.75, 3.05) is 27.4 Å². The number of carbonyl (C=O) groups excluding carboxylic acids is 1. The lowest BCUT2D eigenvalue weighted by Crippen LogP contribution is -2.56. The highest BCUT2D eigenvalue weighted by atomic mass is 16.5.